The van der Waals surface area contributed by atoms with Crippen molar-refractivity contribution in [3.8, 4) is 22.3 Å². The molecule has 0 saturated carbocycles. The molecule has 2 fully saturated rings. The number of aromatic nitrogens is 2. The number of aliphatic hydroxyl groups is 1. The van der Waals surface area contributed by atoms with Crippen LogP contribution in [0.25, 0.3) is 42.8 Å². The fraction of sp³-hybridized carbons (Fsp3) is 0.348. The number of anilines is 2. The SMILES string of the molecule is CCCCO.CCCCOC(=O)c1cccc(-c2csc3c(=O)cc(N4CCOCC4)oc23)c1.O=c1cc(N2CCOCC2)oc2c(-c3cccc(Cl)c3)csc12.c1c[nH]cn1. The first-order valence-corrected chi connectivity index (χ1v) is 22.8. The zero-order valence-corrected chi connectivity index (χ0v) is 37.2. The number of ether oxygens (including phenoxy) is 3. The summed E-state index contributed by atoms with van der Waals surface area (Å²) in [7, 11) is 0. The van der Waals surface area contributed by atoms with E-state index >= 15 is 0 Å². The Bertz CT molecular complexity index is 2560. The third kappa shape index (κ3) is 12.4. The summed E-state index contributed by atoms with van der Waals surface area (Å²) >= 11 is 8.85. The lowest BCUT2D eigenvalue weighted by Gasteiger charge is -2.27. The molecular weight excluding hydrogens is 852 g/mol. The Balaban J connectivity index is 0.000000172. The molecule has 62 heavy (non-hydrogen) atoms. The highest BCUT2D eigenvalue weighted by Gasteiger charge is 2.21. The van der Waals surface area contributed by atoms with Crippen LogP contribution in [0.4, 0.5) is 11.8 Å². The number of esters is 1. The van der Waals surface area contributed by atoms with E-state index < -0.39 is 0 Å². The Hall–Kier alpha value is -5.29. The molecule has 0 atom stereocenters. The molecular formula is C46H51ClN4O9S2. The van der Waals surface area contributed by atoms with Gasteiger partial charge in [0, 0.05) is 84.2 Å². The van der Waals surface area contributed by atoms with Crippen molar-refractivity contribution in [1.82, 2.24) is 9.97 Å². The minimum Gasteiger partial charge on any atom is -0.462 e. The Morgan fingerprint density at radius 1 is 0.790 bits per heavy atom. The first-order valence-electron chi connectivity index (χ1n) is 20.6. The van der Waals surface area contributed by atoms with Crippen LogP contribution in [0.3, 0.4) is 0 Å². The number of benzene rings is 2. The summed E-state index contributed by atoms with van der Waals surface area (Å²) in [4.78, 5) is 47.8. The number of unbranched alkanes of at least 4 members (excludes halogenated alkanes) is 2. The van der Waals surface area contributed by atoms with Gasteiger partial charge in [0.25, 0.3) is 0 Å². The third-order valence-electron chi connectivity index (χ3n) is 9.70. The minimum atomic E-state index is -0.338. The van der Waals surface area contributed by atoms with Crippen molar-refractivity contribution in [3.05, 3.63) is 121 Å². The largest absolute Gasteiger partial charge is 0.462 e. The molecule has 0 spiro atoms. The third-order valence-corrected chi connectivity index (χ3v) is 11.9. The Morgan fingerprint density at radius 3 is 1.79 bits per heavy atom. The number of aliphatic hydroxyl groups excluding tert-OH is 1. The summed E-state index contributed by atoms with van der Waals surface area (Å²) in [6.07, 6.45) is 8.94. The Morgan fingerprint density at radius 2 is 1.34 bits per heavy atom. The maximum absolute atomic E-state index is 12.6. The second kappa shape index (κ2) is 23.8. The molecule has 13 nitrogen and oxygen atoms in total. The molecule has 2 saturated heterocycles. The number of fused-ring (bicyclic) bond motifs is 2. The van der Waals surface area contributed by atoms with Crippen LogP contribution in [-0.2, 0) is 14.2 Å². The smallest absolute Gasteiger partial charge is 0.338 e. The lowest BCUT2D eigenvalue weighted by Crippen LogP contribution is -2.36. The highest BCUT2D eigenvalue weighted by Crippen LogP contribution is 2.36. The van der Waals surface area contributed by atoms with Crippen LogP contribution in [0.2, 0.25) is 5.02 Å². The maximum Gasteiger partial charge on any atom is 0.338 e. The molecule has 2 aromatic carbocycles. The van der Waals surface area contributed by atoms with Gasteiger partial charge in [-0.2, -0.15) is 0 Å². The number of halogens is 1. The fourth-order valence-corrected chi connectivity index (χ4v) is 8.39. The average Bonchev–Trinajstić information content (AvgIpc) is 4.12. The zero-order chi connectivity index (χ0) is 43.7. The number of H-pyrrole nitrogens is 1. The van der Waals surface area contributed by atoms with Crippen LogP contribution in [0.5, 0.6) is 0 Å². The van der Waals surface area contributed by atoms with Gasteiger partial charge in [-0.15, -0.1) is 22.7 Å². The summed E-state index contributed by atoms with van der Waals surface area (Å²) in [5.41, 5.74) is 5.09. The van der Waals surface area contributed by atoms with E-state index in [1.165, 1.54) is 22.7 Å². The Kier molecular flexibility index (Phi) is 17.7. The number of hydrogen-bond donors (Lipinski definition) is 2. The average molecular weight is 904 g/mol. The van der Waals surface area contributed by atoms with Crippen LogP contribution in [0.15, 0.2) is 109 Å². The second-order valence-electron chi connectivity index (χ2n) is 14.1. The molecule has 2 aliphatic rings. The van der Waals surface area contributed by atoms with E-state index in [4.69, 9.17) is 39.8 Å². The van der Waals surface area contributed by atoms with Crippen molar-refractivity contribution in [2.75, 3.05) is 75.6 Å². The summed E-state index contributed by atoms with van der Waals surface area (Å²) in [6.45, 7) is 10.2. The second-order valence-corrected chi connectivity index (χ2v) is 16.3. The quantitative estimate of drug-likeness (QED) is 0.0990. The van der Waals surface area contributed by atoms with Gasteiger partial charge in [-0.25, -0.2) is 9.78 Å². The molecule has 0 bridgehead atoms. The summed E-state index contributed by atoms with van der Waals surface area (Å²) in [5.74, 6) is 0.823. The van der Waals surface area contributed by atoms with Gasteiger partial charge in [0.1, 0.15) is 9.40 Å². The summed E-state index contributed by atoms with van der Waals surface area (Å²) in [5, 5.41) is 12.6. The monoisotopic (exact) mass is 902 g/mol. The van der Waals surface area contributed by atoms with Gasteiger partial charge in [0.15, 0.2) is 22.9 Å². The number of nitrogens with one attached hydrogen (secondary N) is 1. The van der Waals surface area contributed by atoms with E-state index in [1.807, 2.05) is 57.0 Å². The van der Waals surface area contributed by atoms with E-state index in [1.54, 1.807) is 43.0 Å². The van der Waals surface area contributed by atoms with Crippen LogP contribution < -0.4 is 20.7 Å². The lowest BCUT2D eigenvalue weighted by atomic mass is 10.1. The number of morpholine rings is 2. The van der Waals surface area contributed by atoms with Crippen molar-refractivity contribution in [1.29, 1.82) is 0 Å². The van der Waals surface area contributed by atoms with Gasteiger partial charge < -0.3 is 42.9 Å². The lowest BCUT2D eigenvalue weighted by molar-refractivity contribution is 0.0499. The number of aromatic amines is 1. The van der Waals surface area contributed by atoms with Crippen LogP contribution in [0, 0.1) is 0 Å². The van der Waals surface area contributed by atoms with E-state index in [-0.39, 0.29) is 16.8 Å². The van der Waals surface area contributed by atoms with Gasteiger partial charge in [0.05, 0.1) is 44.9 Å². The van der Waals surface area contributed by atoms with E-state index in [0.717, 1.165) is 61.0 Å². The molecule has 2 aliphatic heterocycles. The molecule has 16 heteroatoms. The van der Waals surface area contributed by atoms with Gasteiger partial charge >= 0.3 is 5.97 Å². The molecule has 0 amide bonds. The number of carbonyl (C=O) groups excluding carboxylic acids is 1. The molecule has 2 N–H and O–H groups in total. The summed E-state index contributed by atoms with van der Waals surface area (Å²) in [6, 6.07) is 17.9. The predicted molar refractivity (Wildman–Crippen MR) is 248 cm³/mol. The minimum absolute atomic E-state index is 0.00831. The molecule has 7 heterocycles. The van der Waals surface area contributed by atoms with Crippen molar-refractivity contribution in [3.63, 3.8) is 0 Å². The molecule has 328 valence electrons. The molecule has 0 unspecified atom stereocenters. The van der Waals surface area contributed by atoms with Gasteiger partial charge in [0.2, 0.25) is 10.9 Å². The summed E-state index contributed by atoms with van der Waals surface area (Å²) < 4.78 is 29.5. The van der Waals surface area contributed by atoms with Crippen LogP contribution >= 0.6 is 34.3 Å². The number of nitrogens with zero attached hydrogens (tertiary/aromatic N) is 3. The van der Waals surface area contributed by atoms with Crippen LogP contribution in [0.1, 0.15) is 49.9 Å². The van der Waals surface area contributed by atoms with Crippen molar-refractivity contribution < 1.29 is 32.9 Å². The number of carbonyl (C=O) groups is 1. The molecule has 0 aliphatic carbocycles. The van der Waals surface area contributed by atoms with E-state index in [0.29, 0.717) is 95.7 Å². The number of imidazole rings is 1. The number of hydrogen-bond acceptors (Lipinski definition) is 14. The zero-order valence-electron chi connectivity index (χ0n) is 34.8. The van der Waals surface area contributed by atoms with Crippen molar-refractivity contribution >= 4 is 72.6 Å². The Labute approximate surface area is 372 Å². The highest BCUT2D eigenvalue weighted by atomic mass is 35.5. The van der Waals surface area contributed by atoms with Crippen molar-refractivity contribution in [2.45, 2.75) is 39.5 Å². The van der Waals surface area contributed by atoms with E-state index in [2.05, 4.69) is 23.8 Å². The molecule has 5 aromatic heterocycles. The van der Waals surface area contributed by atoms with Gasteiger partial charge in [-0.3, -0.25) is 9.59 Å². The predicted octanol–water partition coefficient (Wildman–Crippen LogP) is 9.52. The topological polar surface area (TPSA) is 161 Å². The fourth-order valence-electron chi connectivity index (χ4n) is 6.37. The maximum atomic E-state index is 12.6. The highest BCUT2D eigenvalue weighted by molar-refractivity contribution is 7.18. The molecule has 0 radical (unpaired) electrons. The first kappa shape index (κ1) is 46.2. The molecule has 9 rings (SSSR count). The standard InChI is InChI=1S/C22H23NO5S.C17H14ClNO3S.C4H10O.C3H4N2/c1-2-3-9-27-22(25)16-6-4-5-15(12-16)17-14-29-21-18(24)13-19(28-20(17)21)23-7-10-26-11-8-23;18-12-3-1-2-11(8-12)13-10-23-17-14(20)9-15(22-16(13)17)19-4-6-21-7-5-19;1-2-3-4-5;1-2-5-3-4-1/h4-6,12-14H,2-3,7-11H2,1H3;1-3,8-10H,4-7H2;5H,2-4H2,1H3;1-3H,(H,4,5). The van der Waals surface area contributed by atoms with Crippen LogP contribution in [-0.4, -0.2) is 86.9 Å². The van der Waals surface area contributed by atoms with E-state index in [9.17, 15) is 14.4 Å². The van der Waals surface area contributed by atoms with Gasteiger partial charge in [-0.05, 0) is 48.2 Å². The number of thiophene rings is 2. The molecule has 7 aromatic rings. The number of rotatable bonds is 10. The van der Waals surface area contributed by atoms with Crippen molar-refractivity contribution in [2.24, 2.45) is 0 Å². The normalized spacial score (nSPS) is 13.7. The van der Waals surface area contributed by atoms with Gasteiger partial charge in [-0.1, -0.05) is 62.6 Å². The first-order chi connectivity index (χ1) is 30.3.